The molecule has 0 saturated carbocycles. The normalized spacial score (nSPS) is 12.5. The summed E-state index contributed by atoms with van der Waals surface area (Å²) < 4.78 is 27.3. The summed E-state index contributed by atoms with van der Waals surface area (Å²) >= 11 is 0. The van der Waals surface area contributed by atoms with Gasteiger partial charge in [0.15, 0.2) is 0 Å². The molecule has 2 aromatic rings. The third-order valence-corrected chi connectivity index (χ3v) is 3.27. The Kier molecular flexibility index (Phi) is 3.96. The van der Waals surface area contributed by atoms with Gasteiger partial charge < -0.3 is 5.32 Å². The molecule has 3 heteroatoms. The van der Waals surface area contributed by atoms with Crippen LogP contribution in [0.5, 0.6) is 0 Å². The van der Waals surface area contributed by atoms with Crippen molar-refractivity contribution in [2.75, 3.05) is 7.05 Å². The molecule has 0 heterocycles. The number of aryl methyl sites for hydroxylation is 2. The van der Waals surface area contributed by atoms with Gasteiger partial charge in [0.2, 0.25) is 0 Å². The maximum atomic E-state index is 14.0. The lowest BCUT2D eigenvalue weighted by Gasteiger charge is -2.19. The van der Waals surface area contributed by atoms with Crippen molar-refractivity contribution in [1.29, 1.82) is 0 Å². The van der Waals surface area contributed by atoms with Crippen LogP contribution in [0.4, 0.5) is 8.78 Å². The van der Waals surface area contributed by atoms with Gasteiger partial charge in [-0.2, -0.15) is 0 Å². The zero-order valence-corrected chi connectivity index (χ0v) is 11.3. The molecule has 0 aliphatic heterocycles. The molecule has 0 saturated heterocycles. The minimum atomic E-state index is -0.279. The number of benzene rings is 2. The predicted octanol–water partition coefficient (Wildman–Crippen LogP) is 3.89. The second-order valence-electron chi connectivity index (χ2n) is 4.76. The lowest BCUT2D eigenvalue weighted by molar-refractivity contribution is 0.573. The Morgan fingerprint density at radius 1 is 0.947 bits per heavy atom. The van der Waals surface area contributed by atoms with Gasteiger partial charge in [-0.15, -0.1) is 0 Å². The van der Waals surface area contributed by atoms with E-state index in [4.69, 9.17) is 0 Å². The average molecular weight is 261 g/mol. The summed E-state index contributed by atoms with van der Waals surface area (Å²) in [5, 5.41) is 3.09. The molecule has 0 aliphatic rings. The fraction of sp³-hybridized carbons (Fsp3) is 0.250. The van der Waals surface area contributed by atoms with Crippen LogP contribution in [0.25, 0.3) is 0 Å². The molecular weight excluding hydrogens is 244 g/mol. The molecule has 2 aromatic carbocycles. The van der Waals surface area contributed by atoms with Crippen molar-refractivity contribution in [3.63, 3.8) is 0 Å². The molecule has 1 N–H and O–H groups in total. The summed E-state index contributed by atoms with van der Waals surface area (Å²) in [6, 6.07) is 9.59. The van der Waals surface area contributed by atoms with E-state index in [-0.39, 0.29) is 17.7 Å². The quantitative estimate of drug-likeness (QED) is 0.883. The van der Waals surface area contributed by atoms with E-state index < -0.39 is 0 Å². The van der Waals surface area contributed by atoms with Gasteiger partial charge in [0.1, 0.15) is 11.6 Å². The summed E-state index contributed by atoms with van der Waals surface area (Å²) in [5.41, 5.74) is 2.99. The predicted molar refractivity (Wildman–Crippen MR) is 73.2 cm³/mol. The molecule has 1 atom stereocenters. The monoisotopic (exact) mass is 261 g/mol. The van der Waals surface area contributed by atoms with Crippen LogP contribution in [0.1, 0.15) is 28.3 Å². The number of nitrogens with one attached hydrogen (secondary N) is 1. The third kappa shape index (κ3) is 2.82. The van der Waals surface area contributed by atoms with Gasteiger partial charge in [-0.05, 0) is 44.2 Å². The fourth-order valence-corrected chi connectivity index (χ4v) is 2.23. The molecule has 0 amide bonds. The summed E-state index contributed by atoms with van der Waals surface area (Å²) in [6.07, 6.45) is 0. The Labute approximate surface area is 112 Å². The first-order valence-electron chi connectivity index (χ1n) is 6.22. The van der Waals surface area contributed by atoms with Gasteiger partial charge in [0, 0.05) is 5.56 Å². The van der Waals surface area contributed by atoms with Crippen molar-refractivity contribution in [3.8, 4) is 0 Å². The highest BCUT2D eigenvalue weighted by molar-refractivity contribution is 5.36. The molecular formula is C16H17F2N. The third-order valence-electron chi connectivity index (χ3n) is 3.27. The highest BCUT2D eigenvalue weighted by Crippen LogP contribution is 2.26. The number of rotatable bonds is 3. The first-order valence-corrected chi connectivity index (χ1v) is 6.22. The summed E-state index contributed by atoms with van der Waals surface area (Å²) in [7, 11) is 1.77. The molecule has 0 radical (unpaired) electrons. The van der Waals surface area contributed by atoms with E-state index in [1.54, 1.807) is 32.2 Å². The van der Waals surface area contributed by atoms with Gasteiger partial charge in [-0.25, -0.2) is 8.78 Å². The van der Waals surface area contributed by atoms with Gasteiger partial charge in [0.25, 0.3) is 0 Å². The second-order valence-corrected chi connectivity index (χ2v) is 4.76. The lowest BCUT2D eigenvalue weighted by Crippen LogP contribution is -2.19. The van der Waals surface area contributed by atoms with Crippen molar-refractivity contribution in [1.82, 2.24) is 5.32 Å². The molecule has 100 valence electrons. The van der Waals surface area contributed by atoms with Crippen LogP contribution < -0.4 is 5.32 Å². The second kappa shape index (κ2) is 5.49. The van der Waals surface area contributed by atoms with Gasteiger partial charge in [-0.1, -0.05) is 29.8 Å². The molecule has 0 bridgehead atoms. The lowest BCUT2D eigenvalue weighted by atomic mass is 9.95. The van der Waals surface area contributed by atoms with Crippen LogP contribution in [0.15, 0.2) is 36.4 Å². The Morgan fingerprint density at radius 3 is 2.26 bits per heavy atom. The maximum absolute atomic E-state index is 14.0. The first-order chi connectivity index (χ1) is 9.02. The minimum Gasteiger partial charge on any atom is -0.309 e. The standard InChI is InChI=1S/C16H17F2N/c1-10-4-6-15(18)13(8-10)16(19-3)12-5-7-14(17)11(2)9-12/h4-9,16,19H,1-3H3. The molecule has 1 unspecified atom stereocenters. The van der Waals surface area contributed by atoms with Gasteiger partial charge in [0.05, 0.1) is 6.04 Å². The Bertz CT molecular complexity index is 593. The van der Waals surface area contributed by atoms with E-state index in [0.29, 0.717) is 11.1 Å². The average Bonchev–Trinajstić information content (AvgIpc) is 2.38. The number of hydrogen-bond acceptors (Lipinski definition) is 1. The van der Waals surface area contributed by atoms with Crippen LogP contribution in [-0.4, -0.2) is 7.05 Å². The van der Waals surface area contributed by atoms with E-state index in [2.05, 4.69) is 5.32 Å². The van der Waals surface area contributed by atoms with E-state index in [9.17, 15) is 8.78 Å². The van der Waals surface area contributed by atoms with Crippen molar-refractivity contribution in [3.05, 3.63) is 70.3 Å². The largest absolute Gasteiger partial charge is 0.309 e. The van der Waals surface area contributed by atoms with Crippen LogP contribution in [-0.2, 0) is 0 Å². The molecule has 0 spiro atoms. The number of halogens is 2. The molecule has 1 nitrogen and oxygen atoms in total. The molecule has 0 aromatic heterocycles. The van der Waals surface area contributed by atoms with Gasteiger partial charge >= 0.3 is 0 Å². The summed E-state index contributed by atoms with van der Waals surface area (Å²) in [5.74, 6) is -0.504. The van der Waals surface area contributed by atoms with Crippen LogP contribution in [0.2, 0.25) is 0 Å². The Balaban J connectivity index is 2.49. The zero-order valence-electron chi connectivity index (χ0n) is 11.3. The summed E-state index contributed by atoms with van der Waals surface area (Å²) in [4.78, 5) is 0. The van der Waals surface area contributed by atoms with Crippen LogP contribution >= 0.6 is 0 Å². The Hall–Kier alpha value is -1.74. The van der Waals surface area contributed by atoms with Crippen molar-refractivity contribution in [2.45, 2.75) is 19.9 Å². The maximum Gasteiger partial charge on any atom is 0.128 e. The van der Waals surface area contributed by atoms with Crippen LogP contribution in [0.3, 0.4) is 0 Å². The summed E-state index contributed by atoms with van der Waals surface area (Å²) in [6.45, 7) is 3.63. The smallest absolute Gasteiger partial charge is 0.128 e. The molecule has 0 fully saturated rings. The van der Waals surface area contributed by atoms with Crippen molar-refractivity contribution in [2.24, 2.45) is 0 Å². The minimum absolute atomic E-state index is 0.247. The zero-order chi connectivity index (χ0) is 14.0. The van der Waals surface area contributed by atoms with Crippen LogP contribution in [0, 0.1) is 25.5 Å². The molecule has 0 aliphatic carbocycles. The Morgan fingerprint density at radius 2 is 1.63 bits per heavy atom. The van der Waals surface area contributed by atoms with E-state index in [1.807, 2.05) is 13.0 Å². The van der Waals surface area contributed by atoms with E-state index >= 15 is 0 Å². The number of hydrogen-bond donors (Lipinski definition) is 1. The molecule has 19 heavy (non-hydrogen) atoms. The van der Waals surface area contributed by atoms with Crippen molar-refractivity contribution < 1.29 is 8.78 Å². The highest BCUT2D eigenvalue weighted by atomic mass is 19.1. The topological polar surface area (TPSA) is 12.0 Å². The van der Waals surface area contributed by atoms with E-state index in [0.717, 1.165) is 11.1 Å². The molecule has 2 rings (SSSR count). The van der Waals surface area contributed by atoms with Gasteiger partial charge in [-0.3, -0.25) is 0 Å². The highest BCUT2D eigenvalue weighted by Gasteiger charge is 2.17. The van der Waals surface area contributed by atoms with E-state index in [1.165, 1.54) is 12.1 Å². The first kappa shape index (κ1) is 13.7. The SMILES string of the molecule is CNC(c1ccc(F)c(C)c1)c1cc(C)ccc1F. The van der Waals surface area contributed by atoms with Crippen molar-refractivity contribution >= 4 is 0 Å². The fourth-order valence-electron chi connectivity index (χ4n) is 2.23.